The van der Waals surface area contributed by atoms with Crippen molar-refractivity contribution in [3.63, 3.8) is 0 Å². The van der Waals surface area contributed by atoms with E-state index < -0.39 is 18.0 Å². The number of hydrogen-bond acceptors (Lipinski definition) is 1. The van der Waals surface area contributed by atoms with E-state index in [0.717, 1.165) is 12.3 Å². The molecule has 1 radical (unpaired) electrons. The van der Waals surface area contributed by atoms with Gasteiger partial charge in [-0.05, 0) is 18.6 Å². The SMILES string of the molecule is [CH2]c1ccc(C(F)(F)C(F)F)nc1. The van der Waals surface area contributed by atoms with E-state index in [1.54, 1.807) is 0 Å². The van der Waals surface area contributed by atoms with Gasteiger partial charge in [-0.2, -0.15) is 8.78 Å². The van der Waals surface area contributed by atoms with Crippen LogP contribution in [-0.2, 0) is 5.92 Å². The highest BCUT2D eigenvalue weighted by Crippen LogP contribution is 2.32. The van der Waals surface area contributed by atoms with Crippen LogP contribution in [0.4, 0.5) is 17.6 Å². The Morgan fingerprint density at radius 1 is 1.31 bits per heavy atom. The summed E-state index contributed by atoms with van der Waals surface area (Å²) in [4.78, 5) is 3.18. The maximum absolute atomic E-state index is 12.6. The van der Waals surface area contributed by atoms with Gasteiger partial charge in [-0.15, -0.1) is 0 Å². The molecule has 71 valence electrons. The number of halogens is 4. The minimum absolute atomic E-state index is 0.397. The largest absolute Gasteiger partial charge is 0.348 e. The van der Waals surface area contributed by atoms with Gasteiger partial charge in [0, 0.05) is 6.20 Å². The molecule has 0 saturated heterocycles. The maximum Gasteiger partial charge on any atom is 0.348 e. The van der Waals surface area contributed by atoms with Gasteiger partial charge in [0.2, 0.25) is 0 Å². The van der Waals surface area contributed by atoms with Crippen molar-refractivity contribution in [1.29, 1.82) is 0 Å². The third kappa shape index (κ3) is 1.96. The van der Waals surface area contributed by atoms with E-state index in [0.29, 0.717) is 5.56 Å². The third-order valence-corrected chi connectivity index (χ3v) is 1.44. The molecule has 0 amide bonds. The van der Waals surface area contributed by atoms with E-state index in [9.17, 15) is 17.6 Å². The summed E-state index contributed by atoms with van der Waals surface area (Å²) in [5, 5.41) is 0. The van der Waals surface area contributed by atoms with Crippen molar-refractivity contribution in [2.45, 2.75) is 12.3 Å². The molecule has 1 aromatic heterocycles. The van der Waals surface area contributed by atoms with Gasteiger partial charge in [0.1, 0.15) is 5.69 Å². The van der Waals surface area contributed by atoms with Crippen LogP contribution in [0.25, 0.3) is 0 Å². The highest BCUT2D eigenvalue weighted by Gasteiger charge is 2.43. The molecule has 0 spiro atoms. The van der Waals surface area contributed by atoms with Crippen LogP contribution in [0, 0.1) is 6.92 Å². The van der Waals surface area contributed by atoms with Gasteiger partial charge in [-0.25, -0.2) is 8.78 Å². The minimum Gasteiger partial charge on any atom is -0.254 e. The number of alkyl halides is 4. The van der Waals surface area contributed by atoms with Crippen LogP contribution in [-0.4, -0.2) is 11.4 Å². The Morgan fingerprint density at radius 3 is 2.31 bits per heavy atom. The van der Waals surface area contributed by atoms with E-state index in [1.165, 1.54) is 6.07 Å². The smallest absolute Gasteiger partial charge is 0.254 e. The molecule has 1 aromatic rings. The second-order valence-corrected chi connectivity index (χ2v) is 2.48. The van der Waals surface area contributed by atoms with Crippen molar-refractivity contribution in [1.82, 2.24) is 4.98 Å². The second kappa shape index (κ2) is 3.32. The average Bonchev–Trinajstić information content (AvgIpc) is 2.04. The van der Waals surface area contributed by atoms with Crippen LogP contribution in [0.15, 0.2) is 18.3 Å². The Balaban J connectivity index is 3.01. The zero-order chi connectivity index (χ0) is 10.1. The first-order valence-corrected chi connectivity index (χ1v) is 3.39. The summed E-state index contributed by atoms with van der Waals surface area (Å²) in [6, 6.07) is 2.05. The molecule has 0 aliphatic rings. The summed E-state index contributed by atoms with van der Waals surface area (Å²) in [7, 11) is 0. The summed E-state index contributed by atoms with van der Waals surface area (Å²) in [5.74, 6) is -4.19. The highest BCUT2D eigenvalue weighted by molar-refractivity contribution is 5.19. The Bertz CT molecular complexity index is 281. The van der Waals surface area contributed by atoms with Gasteiger partial charge < -0.3 is 0 Å². The van der Waals surface area contributed by atoms with Gasteiger partial charge in [0.25, 0.3) is 0 Å². The molecule has 1 rings (SSSR count). The molecule has 0 fully saturated rings. The molecule has 13 heavy (non-hydrogen) atoms. The van der Waals surface area contributed by atoms with Crippen molar-refractivity contribution in [3.8, 4) is 0 Å². The van der Waals surface area contributed by atoms with Crippen LogP contribution in [0.3, 0.4) is 0 Å². The molecule has 0 bridgehead atoms. The first-order chi connectivity index (χ1) is 5.94. The molecule has 0 aliphatic carbocycles. The van der Waals surface area contributed by atoms with Crippen molar-refractivity contribution in [3.05, 3.63) is 36.5 Å². The number of nitrogens with zero attached hydrogens (tertiary/aromatic N) is 1. The lowest BCUT2D eigenvalue weighted by Gasteiger charge is -2.13. The first-order valence-electron chi connectivity index (χ1n) is 3.39. The molecule has 0 unspecified atom stereocenters. The van der Waals surface area contributed by atoms with Crippen molar-refractivity contribution < 1.29 is 17.6 Å². The number of rotatable bonds is 2. The van der Waals surface area contributed by atoms with Crippen molar-refractivity contribution in [2.24, 2.45) is 0 Å². The lowest BCUT2D eigenvalue weighted by molar-refractivity contribution is -0.137. The summed E-state index contributed by atoms with van der Waals surface area (Å²) in [6.07, 6.45) is -2.72. The van der Waals surface area contributed by atoms with Crippen LogP contribution in [0.5, 0.6) is 0 Å². The normalized spacial score (nSPS) is 12.2. The predicted octanol–water partition coefficient (Wildman–Crippen LogP) is 2.62. The first kappa shape index (κ1) is 9.95. The van der Waals surface area contributed by atoms with Gasteiger partial charge in [0.05, 0.1) is 0 Å². The fraction of sp³-hybridized carbons (Fsp3) is 0.250. The van der Waals surface area contributed by atoms with Gasteiger partial charge >= 0.3 is 12.3 Å². The third-order valence-electron chi connectivity index (χ3n) is 1.44. The quantitative estimate of drug-likeness (QED) is 0.656. The summed E-state index contributed by atoms with van der Waals surface area (Å²) in [6.45, 7) is 3.39. The number of hydrogen-bond donors (Lipinski definition) is 0. The molecule has 0 aromatic carbocycles. The maximum atomic E-state index is 12.6. The molecule has 0 aliphatic heterocycles. The monoisotopic (exact) mass is 192 g/mol. The molecular weight excluding hydrogens is 186 g/mol. The summed E-state index contributed by atoms with van der Waals surface area (Å²) in [5.41, 5.74) is -0.538. The lowest BCUT2D eigenvalue weighted by atomic mass is 10.2. The van der Waals surface area contributed by atoms with Gasteiger partial charge in [-0.3, -0.25) is 4.98 Å². The van der Waals surface area contributed by atoms with Crippen LogP contribution in [0.2, 0.25) is 0 Å². The Labute approximate surface area is 72.4 Å². The van der Waals surface area contributed by atoms with Crippen molar-refractivity contribution >= 4 is 0 Å². The zero-order valence-corrected chi connectivity index (χ0v) is 6.48. The zero-order valence-electron chi connectivity index (χ0n) is 6.48. The Hall–Kier alpha value is -1.13. The standard InChI is InChI=1S/C8H6F4N/c1-5-2-3-6(13-4-5)8(11,12)7(9)10/h2-4,7H,1H2. The van der Waals surface area contributed by atoms with E-state index in [-0.39, 0.29) is 0 Å². The van der Waals surface area contributed by atoms with Crippen LogP contribution >= 0.6 is 0 Å². The van der Waals surface area contributed by atoms with Gasteiger partial charge in [0.15, 0.2) is 0 Å². The van der Waals surface area contributed by atoms with Crippen molar-refractivity contribution in [2.75, 3.05) is 0 Å². The molecule has 0 atom stereocenters. The van der Waals surface area contributed by atoms with Crippen LogP contribution in [0.1, 0.15) is 11.3 Å². The second-order valence-electron chi connectivity index (χ2n) is 2.48. The number of pyridine rings is 1. The molecule has 5 heteroatoms. The van der Waals surface area contributed by atoms with Crippen LogP contribution < -0.4 is 0 Å². The highest BCUT2D eigenvalue weighted by atomic mass is 19.3. The topological polar surface area (TPSA) is 12.9 Å². The minimum atomic E-state index is -4.19. The van der Waals surface area contributed by atoms with Gasteiger partial charge in [-0.1, -0.05) is 6.07 Å². The molecule has 0 saturated carbocycles. The summed E-state index contributed by atoms with van der Waals surface area (Å²) >= 11 is 0. The Kier molecular flexibility index (Phi) is 2.54. The fourth-order valence-electron chi connectivity index (χ4n) is 0.733. The molecule has 1 nitrogen and oxygen atoms in total. The van der Waals surface area contributed by atoms with E-state index >= 15 is 0 Å². The summed E-state index contributed by atoms with van der Waals surface area (Å²) < 4.78 is 48.7. The van der Waals surface area contributed by atoms with E-state index in [1.807, 2.05) is 0 Å². The molecule has 0 N–H and O–H groups in total. The Morgan fingerprint density at radius 2 is 1.92 bits per heavy atom. The average molecular weight is 192 g/mol. The number of aromatic nitrogens is 1. The lowest BCUT2D eigenvalue weighted by Crippen LogP contribution is -2.24. The molecule has 1 heterocycles. The fourth-order valence-corrected chi connectivity index (χ4v) is 0.733. The molecular formula is C8H6F4N. The van der Waals surface area contributed by atoms with E-state index in [4.69, 9.17) is 0 Å². The predicted molar refractivity (Wildman–Crippen MR) is 38.6 cm³/mol. The van der Waals surface area contributed by atoms with E-state index in [2.05, 4.69) is 11.9 Å².